The molecule has 0 spiro atoms. The predicted octanol–water partition coefficient (Wildman–Crippen LogP) is 5.58. The average Bonchev–Trinajstić information content (AvgIpc) is 2.78. The van der Waals surface area contributed by atoms with E-state index in [1.807, 2.05) is 0 Å². The molecule has 6 nitrogen and oxygen atoms in total. The molecule has 0 fully saturated rings. The minimum atomic E-state index is -4.16. The van der Waals surface area contributed by atoms with E-state index < -0.39 is 44.0 Å². The number of esters is 1. The van der Waals surface area contributed by atoms with Crippen molar-refractivity contribution in [1.82, 2.24) is 0 Å². The summed E-state index contributed by atoms with van der Waals surface area (Å²) in [6.07, 6.45) is -1.03. The standard InChI is InChI=1S/C26H26F2O6S/c1-16(25(29)34-26(2,3)4)33-23-12-7-18(27)15-21(23)17-6-13-24(22(28)14-17)35(30,31)20-10-8-19(32-5)9-11-20/h6-16H,1-5H3/t16-/m0/s1. The molecule has 3 aromatic rings. The van der Waals surface area contributed by atoms with Gasteiger partial charge in [0.1, 0.15) is 33.6 Å². The van der Waals surface area contributed by atoms with Crippen LogP contribution in [0.2, 0.25) is 0 Å². The molecule has 0 aromatic heterocycles. The Morgan fingerprint density at radius 2 is 1.60 bits per heavy atom. The molecule has 9 heteroatoms. The van der Waals surface area contributed by atoms with Gasteiger partial charge in [-0.05, 0) is 87.9 Å². The van der Waals surface area contributed by atoms with Crippen LogP contribution in [0, 0.1) is 11.6 Å². The molecule has 0 heterocycles. The van der Waals surface area contributed by atoms with E-state index in [0.717, 1.165) is 24.3 Å². The normalized spacial score (nSPS) is 12.7. The summed E-state index contributed by atoms with van der Waals surface area (Å²) in [5.74, 6) is -1.70. The number of hydrogen-bond donors (Lipinski definition) is 0. The van der Waals surface area contributed by atoms with Gasteiger partial charge in [0, 0.05) is 5.56 Å². The molecule has 186 valence electrons. The zero-order valence-electron chi connectivity index (χ0n) is 20.0. The van der Waals surface area contributed by atoms with Gasteiger partial charge in [0.2, 0.25) is 9.84 Å². The van der Waals surface area contributed by atoms with E-state index in [4.69, 9.17) is 14.2 Å². The van der Waals surface area contributed by atoms with Crippen LogP contribution in [0.3, 0.4) is 0 Å². The Morgan fingerprint density at radius 3 is 2.17 bits per heavy atom. The van der Waals surface area contributed by atoms with Gasteiger partial charge in [0.25, 0.3) is 0 Å². The van der Waals surface area contributed by atoms with Crippen molar-refractivity contribution in [3.63, 3.8) is 0 Å². The molecule has 0 radical (unpaired) electrons. The zero-order chi connectivity index (χ0) is 26.0. The highest BCUT2D eigenvalue weighted by Crippen LogP contribution is 2.34. The topological polar surface area (TPSA) is 78.9 Å². The maximum atomic E-state index is 15.1. The van der Waals surface area contributed by atoms with Crippen LogP contribution < -0.4 is 9.47 Å². The number of carbonyl (C=O) groups is 1. The van der Waals surface area contributed by atoms with Gasteiger partial charge in [-0.25, -0.2) is 22.0 Å². The van der Waals surface area contributed by atoms with Crippen molar-refractivity contribution in [2.45, 2.75) is 49.2 Å². The Labute approximate surface area is 203 Å². The maximum absolute atomic E-state index is 15.1. The largest absolute Gasteiger partial charge is 0.497 e. The number of carbonyl (C=O) groups excluding carboxylic acids is 1. The van der Waals surface area contributed by atoms with Gasteiger partial charge < -0.3 is 14.2 Å². The van der Waals surface area contributed by atoms with Gasteiger partial charge in [-0.1, -0.05) is 6.07 Å². The quantitative estimate of drug-likeness (QED) is 0.391. The van der Waals surface area contributed by atoms with Crippen LogP contribution in [0.5, 0.6) is 11.5 Å². The fourth-order valence-electron chi connectivity index (χ4n) is 3.22. The van der Waals surface area contributed by atoms with Crippen LogP contribution in [-0.4, -0.2) is 33.2 Å². The summed E-state index contributed by atoms with van der Waals surface area (Å²) < 4.78 is 71.0. The van der Waals surface area contributed by atoms with Gasteiger partial charge in [-0.3, -0.25) is 0 Å². The van der Waals surface area contributed by atoms with Crippen LogP contribution in [0.4, 0.5) is 8.78 Å². The number of benzene rings is 3. The molecule has 0 unspecified atom stereocenters. The van der Waals surface area contributed by atoms with Crippen LogP contribution >= 0.6 is 0 Å². The molecule has 1 atom stereocenters. The molecule has 3 rings (SSSR count). The molecule has 0 N–H and O–H groups in total. The summed E-state index contributed by atoms with van der Waals surface area (Å²) in [6.45, 7) is 6.62. The van der Waals surface area contributed by atoms with Crippen molar-refractivity contribution in [2.75, 3.05) is 7.11 Å². The highest BCUT2D eigenvalue weighted by molar-refractivity contribution is 7.91. The molecule has 0 amide bonds. The molecule has 0 aliphatic heterocycles. The molecule has 0 aliphatic rings. The van der Waals surface area contributed by atoms with Crippen molar-refractivity contribution in [3.8, 4) is 22.6 Å². The molecule has 0 bridgehead atoms. The van der Waals surface area contributed by atoms with E-state index in [9.17, 15) is 17.6 Å². The minimum absolute atomic E-state index is 0.106. The highest BCUT2D eigenvalue weighted by Gasteiger charge is 2.26. The number of halogens is 2. The summed E-state index contributed by atoms with van der Waals surface area (Å²) in [4.78, 5) is 11.7. The number of methoxy groups -OCH3 is 1. The van der Waals surface area contributed by atoms with E-state index in [1.54, 1.807) is 20.8 Å². The first-order valence-electron chi connectivity index (χ1n) is 10.7. The van der Waals surface area contributed by atoms with Crippen molar-refractivity contribution in [2.24, 2.45) is 0 Å². The second kappa shape index (κ2) is 10.0. The Bertz CT molecular complexity index is 1330. The van der Waals surface area contributed by atoms with Crippen LogP contribution in [0.15, 0.2) is 70.5 Å². The fraction of sp³-hybridized carbons (Fsp3) is 0.269. The lowest BCUT2D eigenvalue weighted by molar-refractivity contribution is -0.162. The van der Waals surface area contributed by atoms with Gasteiger partial charge in [-0.15, -0.1) is 0 Å². The predicted molar refractivity (Wildman–Crippen MR) is 126 cm³/mol. The lowest BCUT2D eigenvalue weighted by atomic mass is 10.0. The molecule has 3 aromatic carbocycles. The first-order valence-corrected chi connectivity index (χ1v) is 12.2. The molecule has 35 heavy (non-hydrogen) atoms. The van der Waals surface area contributed by atoms with Gasteiger partial charge >= 0.3 is 5.97 Å². The van der Waals surface area contributed by atoms with Crippen molar-refractivity contribution in [3.05, 3.63) is 72.3 Å². The third-order valence-corrected chi connectivity index (χ3v) is 6.69. The second-order valence-electron chi connectivity index (χ2n) is 8.76. The lowest BCUT2D eigenvalue weighted by Gasteiger charge is -2.23. The molecule has 0 saturated heterocycles. The second-order valence-corrected chi connectivity index (χ2v) is 10.7. The van der Waals surface area contributed by atoms with Gasteiger partial charge in [-0.2, -0.15) is 0 Å². The highest BCUT2D eigenvalue weighted by atomic mass is 32.2. The molecular weight excluding hydrogens is 478 g/mol. The van der Waals surface area contributed by atoms with Gasteiger partial charge in [0.15, 0.2) is 6.10 Å². The van der Waals surface area contributed by atoms with Crippen molar-refractivity contribution < 1.29 is 36.2 Å². The zero-order valence-corrected chi connectivity index (χ0v) is 20.8. The summed E-state index contributed by atoms with van der Waals surface area (Å²) in [6, 6.07) is 12.6. The first kappa shape index (κ1) is 26.2. The van der Waals surface area contributed by atoms with Crippen LogP contribution in [-0.2, 0) is 19.4 Å². The Morgan fingerprint density at radius 1 is 0.943 bits per heavy atom. The van der Waals surface area contributed by atoms with Gasteiger partial charge in [0.05, 0.1) is 12.0 Å². The first-order chi connectivity index (χ1) is 16.3. The van der Waals surface area contributed by atoms with E-state index in [2.05, 4.69) is 0 Å². The van der Waals surface area contributed by atoms with Crippen LogP contribution in [0.25, 0.3) is 11.1 Å². The SMILES string of the molecule is COc1ccc(S(=O)(=O)c2ccc(-c3cc(F)ccc3O[C@@H](C)C(=O)OC(C)(C)C)cc2F)cc1. The average molecular weight is 505 g/mol. The number of sulfone groups is 1. The van der Waals surface area contributed by atoms with Crippen molar-refractivity contribution >= 4 is 15.8 Å². The fourth-order valence-corrected chi connectivity index (χ4v) is 4.53. The monoisotopic (exact) mass is 504 g/mol. The summed E-state index contributed by atoms with van der Waals surface area (Å²) >= 11 is 0. The third kappa shape index (κ3) is 6.16. The summed E-state index contributed by atoms with van der Waals surface area (Å²) in [7, 11) is -2.71. The minimum Gasteiger partial charge on any atom is -0.497 e. The number of ether oxygens (including phenoxy) is 3. The smallest absolute Gasteiger partial charge is 0.347 e. The van der Waals surface area contributed by atoms with E-state index >= 15 is 4.39 Å². The molecule has 0 aliphatic carbocycles. The Hall–Kier alpha value is -3.46. The molecular formula is C26H26F2O6S. The summed E-state index contributed by atoms with van der Waals surface area (Å²) in [5, 5.41) is 0. The third-order valence-electron chi connectivity index (χ3n) is 4.89. The van der Waals surface area contributed by atoms with E-state index in [1.165, 1.54) is 50.4 Å². The van der Waals surface area contributed by atoms with E-state index in [-0.39, 0.29) is 21.8 Å². The van der Waals surface area contributed by atoms with E-state index in [0.29, 0.717) is 5.75 Å². The molecule has 0 saturated carbocycles. The Balaban J connectivity index is 1.95. The lowest BCUT2D eigenvalue weighted by Crippen LogP contribution is -2.33. The number of rotatable bonds is 7. The Kier molecular flexibility index (Phi) is 7.50. The summed E-state index contributed by atoms with van der Waals surface area (Å²) in [5.41, 5.74) is -0.413. The maximum Gasteiger partial charge on any atom is 0.347 e. The van der Waals surface area contributed by atoms with Crippen molar-refractivity contribution in [1.29, 1.82) is 0 Å². The number of hydrogen-bond acceptors (Lipinski definition) is 6. The van der Waals surface area contributed by atoms with Crippen LogP contribution in [0.1, 0.15) is 27.7 Å².